The third-order valence-corrected chi connectivity index (χ3v) is 3.66. The Balaban J connectivity index is 2.21. The van der Waals surface area contributed by atoms with E-state index < -0.39 is 17.8 Å². The molecule has 0 saturated heterocycles. The van der Waals surface area contributed by atoms with Gasteiger partial charge < -0.3 is 15.7 Å². The Morgan fingerprint density at radius 2 is 2.21 bits per heavy atom. The van der Waals surface area contributed by atoms with E-state index in [-0.39, 0.29) is 17.4 Å². The highest BCUT2D eigenvalue weighted by atomic mass is 19.1. The van der Waals surface area contributed by atoms with Gasteiger partial charge in [-0.15, -0.1) is 0 Å². The van der Waals surface area contributed by atoms with E-state index in [0.29, 0.717) is 6.42 Å². The van der Waals surface area contributed by atoms with E-state index in [2.05, 4.69) is 4.98 Å². The zero-order valence-corrected chi connectivity index (χ0v) is 10.8. The van der Waals surface area contributed by atoms with E-state index in [1.165, 1.54) is 17.2 Å². The van der Waals surface area contributed by atoms with Crippen LogP contribution in [0.4, 0.5) is 10.2 Å². The summed E-state index contributed by atoms with van der Waals surface area (Å²) >= 11 is 0. The molecule has 6 heteroatoms. The van der Waals surface area contributed by atoms with E-state index in [9.17, 15) is 14.3 Å². The molecule has 0 aromatic carbocycles. The van der Waals surface area contributed by atoms with Crippen LogP contribution in [0.15, 0.2) is 12.3 Å². The van der Waals surface area contributed by atoms with Gasteiger partial charge in [-0.05, 0) is 18.9 Å². The number of aliphatic hydroxyl groups excluding tert-OH is 1. The summed E-state index contributed by atoms with van der Waals surface area (Å²) in [5.41, 5.74) is 5.25. The number of hydrogen-bond acceptors (Lipinski definition) is 4. The molecule has 0 spiro atoms. The largest absolute Gasteiger partial charge is 0.391 e. The number of carbonyl (C=O) groups excluding carboxylic acids is 1. The second-order valence-electron chi connectivity index (χ2n) is 4.89. The molecule has 0 radical (unpaired) electrons. The monoisotopic (exact) mass is 267 g/mol. The number of rotatable bonds is 2. The molecule has 1 saturated carbocycles. The van der Waals surface area contributed by atoms with E-state index in [4.69, 9.17) is 5.73 Å². The van der Waals surface area contributed by atoms with E-state index in [0.717, 1.165) is 19.3 Å². The predicted octanol–water partition coefficient (Wildman–Crippen LogP) is 1.18. The number of amides is 1. The van der Waals surface area contributed by atoms with Gasteiger partial charge in [0.05, 0.1) is 17.7 Å². The van der Waals surface area contributed by atoms with Crippen LogP contribution in [-0.4, -0.2) is 40.1 Å². The molecular formula is C13H18FN3O2. The second kappa shape index (κ2) is 5.52. The van der Waals surface area contributed by atoms with Crippen molar-refractivity contribution in [2.24, 2.45) is 0 Å². The molecule has 1 aromatic heterocycles. The molecule has 0 aliphatic heterocycles. The van der Waals surface area contributed by atoms with Crippen molar-refractivity contribution in [2.45, 2.75) is 37.8 Å². The van der Waals surface area contributed by atoms with Crippen LogP contribution in [0, 0.1) is 5.82 Å². The van der Waals surface area contributed by atoms with Gasteiger partial charge in [-0.3, -0.25) is 4.79 Å². The predicted molar refractivity (Wildman–Crippen MR) is 69.0 cm³/mol. The van der Waals surface area contributed by atoms with Crippen molar-refractivity contribution in [3.63, 3.8) is 0 Å². The summed E-state index contributed by atoms with van der Waals surface area (Å²) in [5.74, 6) is -1.56. The summed E-state index contributed by atoms with van der Waals surface area (Å²) < 4.78 is 13.8. The summed E-state index contributed by atoms with van der Waals surface area (Å²) in [6, 6.07) is 1.04. The van der Waals surface area contributed by atoms with Crippen LogP contribution in [0.3, 0.4) is 0 Å². The number of nitrogens with two attached hydrogens (primary N) is 1. The maximum Gasteiger partial charge on any atom is 0.257 e. The molecular weight excluding hydrogens is 249 g/mol. The normalized spacial score (nSPS) is 23.1. The first-order chi connectivity index (χ1) is 9.02. The van der Waals surface area contributed by atoms with Gasteiger partial charge in [0.1, 0.15) is 0 Å². The van der Waals surface area contributed by atoms with Crippen molar-refractivity contribution in [1.29, 1.82) is 0 Å². The Hall–Kier alpha value is -1.69. The number of aliphatic hydroxyl groups is 1. The van der Waals surface area contributed by atoms with Gasteiger partial charge in [0.25, 0.3) is 5.91 Å². The van der Waals surface area contributed by atoms with Gasteiger partial charge in [0, 0.05) is 13.2 Å². The molecule has 104 valence electrons. The number of likely N-dealkylation sites (N-methyl/N-ethyl adjacent to an activating group) is 1. The highest BCUT2D eigenvalue weighted by Gasteiger charge is 2.31. The van der Waals surface area contributed by atoms with Gasteiger partial charge in [0.2, 0.25) is 0 Å². The summed E-state index contributed by atoms with van der Waals surface area (Å²) in [7, 11) is 1.58. The van der Waals surface area contributed by atoms with Crippen LogP contribution in [0.5, 0.6) is 0 Å². The van der Waals surface area contributed by atoms with E-state index in [1.807, 2.05) is 0 Å². The summed E-state index contributed by atoms with van der Waals surface area (Å²) in [6.45, 7) is 0. The standard InChI is InChI=1S/C13H18FN3O2/c1-17(9-4-2-3-5-10(9)18)13(19)8-6-7-16-12(15)11(8)14/h6-7,9-10,18H,2-5H2,1H3,(H2,15,16). The second-order valence-corrected chi connectivity index (χ2v) is 4.89. The molecule has 2 unspecified atom stereocenters. The average Bonchev–Trinajstić information content (AvgIpc) is 2.41. The Bertz CT molecular complexity index is 481. The molecule has 3 N–H and O–H groups in total. The van der Waals surface area contributed by atoms with Crippen LogP contribution >= 0.6 is 0 Å². The van der Waals surface area contributed by atoms with E-state index >= 15 is 0 Å². The summed E-state index contributed by atoms with van der Waals surface area (Å²) in [4.78, 5) is 17.2. The van der Waals surface area contributed by atoms with Crippen LogP contribution in [-0.2, 0) is 0 Å². The molecule has 1 aromatic rings. The minimum absolute atomic E-state index is 0.104. The number of halogens is 1. The zero-order valence-electron chi connectivity index (χ0n) is 10.8. The van der Waals surface area contributed by atoms with Crippen LogP contribution < -0.4 is 5.73 Å². The average molecular weight is 267 g/mol. The first-order valence-corrected chi connectivity index (χ1v) is 6.37. The minimum atomic E-state index is -0.801. The van der Waals surface area contributed by atoms with Gasteiger partial charge in [0.15, 0.2) is 11.6 Å². The van der Waals surface area contributed by atoms with Crippen LogP contribution in [0.2, 0.25) is 0 Å². The first kappa shape index (κ1) is 13.7. The third kappa shape index (κ3) is 2.68. The zero-order chi connectivity index (χ0) is 14.0. The molecule has 1 aliphatic rings. The van der Waals surface area contributed by atoms with Crippen molar-refractivity contribution >= 4 is 11.7 Å². The maximum atomic E-state index is 13.8. The Labute approximate surface area is 111 Å². The molecule has 0 bridgehead atoms. The quantitative estimate of drug-likeness (QED) is 0.843. The number of nitrogens with zero attached hydrogens (tertiary/aromatic N) is 2. The molecule has 1 heterocycles. The fourth-order valence-corrected chi connectivity index (χ4v) is 2.51. The number of hydrogen-bond donors (Lipinski definition) is 2. The number of aromatic nitrogens is 1. The van der Waals surface area contributed by atoms with Crippen molar-refractivity contribution in [3.05, 3.63) is 23.6 Å². The Morgan fingerprint density at radius 3 is 2.89 bits per heavy atom. The van der Waals surface area contributed by atoms with Crippen LogP contribution in [0.25, 0.3) is 0 Å². The SMILES string of the molecule is CN(C(=O)c1ccnc(N)c1F)C1CCCCC1O. The smallest absolute Gasteiger partial charge is 0.257 e. The van der Waals surface area contributed by atoms with Gasteiger partial charge in [-0.2, -0.15) is 0 Å². The van der Waals surface area contributed by atoms with Gasteiger partial charge >= 0.3 is 0 Å². The number of anilines is 1. The third-order valence-electron chi connectivity index (χ3n) is 3.66. The molecule has 1 aliphatic carbocycles. The Kier molecular flexibility index (Phi) is 3.99. The highest BCUT2D eigenvalue weighted by Crippen LogP contribution is 2.24. The topological polar surface area (TPSA) is 79.5 Å². The molecule has 1 fully saturated rings. The van der Waals surface area contributed by atoms with Gasteiger partial charge in [-0.25, -0.2) is 9.37 Å². The highest BCUT2D eigenvalue weighted by molar-refractivity contribution is 5.95. The molecule has 5 nitrogen and oxygen atoms in total. The maximum absolute atomic E-state index is 13.8. The lowest BCUT2D eigenvalue weighted by molar-refractivity contribution is 0.0265. The fourth-order valence-electron chi connectivity index (χ4n) is 2.51. The molecule has 19 heavy (non-hydrogen) atoms. The lowest BCUT2D eigenvalue weighted by atomic mass is 9.91. The van der Waals surface area contributed by atoms with Crippen molar-refractivity contribution in [1.82, 2.24) is 9.88 Å². The lowest BCUT2D eigenvalue weighted by Crippen LogP contribution is -2.46. The van der Waals surface area contributed by atoms with Crippen molar-refractivity contribution in [2.75, 3.05) is 12.8 Å². The summed E-state index contributed by atoms with van der Waals surface area (Å²) in [5, 5.41) is 9.93. The summed E-state index contributed by atoms with van der Waals surface area (Å²) in [6.07, 6.45) is 4.06. The fraction of sp³-hybridized carbons (Fsp3) is 0.538. The number of nitrogen functional groups attached to an aromatic ring is 1. The molecule has 2 rings (SSSR count). The minimum Gasteiger partial charge on any atom is -0.391 e. The van der Waals surface area contributed by atoms with Crippen LogP contribution in [0.1, 0.15) is 36.0 Å². The van der Waals surface area contributed by atoms with Crippen molar-refractivity contribution in [3.8, 4) is 0 Å². The lowest BCUT2D eigenvalue weighted by Gasteiger charge is -2.35. The van der Waals surface area contributed by atoms with E-state index in [1.54, 1.807) is 7.05 Å². The Morgan fingerprint density at radius 1 is 1.53 bits per heavy atom. The van der Waals surface area contributed by atoms with Gasteiger partial charge in [-0.1, -0.05) is 12.8 Å². The van der Waals surface area contributed by atoms with Crippen molar-refractivity contribution < 1.29 is 14.3 Å². The number of carbonyl (C=O) groups is 1. The molecule has 1 amide bonds. The first-order valence-electron chi connectivity index (χ1n) is 6.37. The number of pyridine rings is 1. The molecule has 2 atom stereocenters.